The highest BCUT2D eigenvalue weighted by Crippen LogP contribution is 2.38. The molecule has 0 atom stereocenters. The zero-order chi connectivity index (χ0) is 28.5. The lowest BCUT2D eigenvalue weighted by atomic mass is 9.88. The van der Waals surface area contributed by atoms with Crippen LogP contribution in [0.4, 0.5) is 0 Å². The summed E-state index contributed by atoms with van der Waals surface area (Å²) in [4.78, 5) is 18.0. The first-order valence-corrected chi connectivity index (χ1v) is 15.0. The van der Waals surface area contributed by atoms with E-state index >= 15 is 0 Å². The molecule has 4 aromatic rings. The molecule has 1 aromatic heterocycles. The number of rotatable bonds is 9. The molecule has 204 valence electrons. The Hall–Kier alpha value is -2.68. The van der Waals surface area contributed by atoms with Gasteiger partial charge in [-0.3, -0.25) is 9.36 Å². The van der Waals surface area contributed by atoms with Gasteiger partial charge in [0, 0.05) is 19.2 Å². The number of imidazole rings is 1. The summed E-state index contributed by atoms with van der Waals surface area (Å²) in [5, 5.41) is 10.7. The van der Waals surface area contributed by atoms with Gasteiger partial charge in [-0.1, -0.05) is 79.8 Å². The number of nitrogens with zero attached hydrogens (tertiary/aromatic N) is 2. The lowest BCUT2D eigenvalue weighted by Gasteiger charge is -2.19. The zero-order valence-corrected chi connectivity index (χ0v) is 24.7. The van der Waals surface area contributed by atoms with Gasteiger partial charge in [-0.25, -0.2) is 13.4 Å². The number of ketones is 1. The van der Waals surface area contributed by atoms with Crippen molar-refractivity contribution in [1.82, 2.24) is 9.55 Å². The smallest absolute Gasteiger partial charge is 0.183 e. The van der Waals surface area contributed by atoms with Gasteiger partial charge < -0.3 is 5.11 Å². The molecule has 0 aliphatic heterocycles. The van der Waals surface area contributed by atoms with E-state index in [1.807, 2.05) is 12.1 Å². The zero-order valence-electron chi connectivity index (χ0n) is 21.6. The Morgan fingerprint density at radius 1 is 0.949 bits per heavy atom. The minimum atomic E-state index is -3.37. The van der Waals surface area contributed by atoms with Crippen LogP contribution in [0.5, 0.6) is 0 Å². The summed E-state index contributed by atoms with van der Waals surface area (Å²) in [6, 6.07) is 17.1. The van der Waals surface area contributed by atoms with Crippen LogP contribution in [0.25, 0.3) is 28.2 Å². The van der Waals surface area contributed by atoms with E-state index in [2.05, 4.69) is 4.98 Å². The van der Waals surface area contributed by atoms with E-state index in [1.54, 1.807) is 80.1 Å². The van der Waals surface area contributed by atoms with Crippen LogP contribution in [-0.2, 0) is 9.84 Å². The Morgan fingerprint density at radius 2 is 1.59 bits per heavy atom. The second kappa shape index (κ2) is 11.4. The summed E-state index contributed by atoms with van der Waals surface area (Å²) < 4.78 is 26.4. The molecule has 0 saturated carbocycles. The first-order chi connectivity index (χ1) is 18.4. The molecule has 1 heterocycles. The molecule has 4 rings (SSSR count). The van der Waals surface area contributed by atoms with Gasteiger partial charge in [-0.2, -0.15) is 0 Å². The molecule has 0 spiro atoms. The number of aliphatic hydroxyl groups is 1. The second-order valence-electron chi connectivity index (χ2n) is 9.94. The maximum absolute atomic E-state index is 13.1. The molecule has 0 saturated heterocycles. The van der Waals surface area contributed by atoms with Crippen LogP contribution in [0, 0.1) is 5.41 Å². The van der Waals surface area contributed by atoms with Crippen molar-refractivity contribution < 1.29 is 18.3 Å². The van der Waals surface area contributed by atoms with Gasteiger partial charge in [0.2, 0.25) is 0 Å². The number of sulfone groups is 1. The van der Waals surface area contributed by atoms with Crippen molar-refractivity contribution >= 4 is 50.4 Å². The lowest BCUT2D eigenvalue weighted by molar-refractivity contribution is 0.0854. The summed E-state index contributed by atoms with van der Waals surface area (Å²) in [5.41, 5.74) is 1.94. The molecule has 0 aliphatic rings. The number of aliphatic hydroxyl groups excluding tert-OH is 1. The number of carbonyl (C=O) groups is 1. The van der Waals surface area contributed by atoms with Gasteiger partial charge in [0.25, 0.3) is 0 Å². The Bertz CT molecular complexity index is 1640. The van der Waals surface area contributed by atoms with E-state index in [0.717, 1.165) is 5.56 Å². The largest absolute Gasteiger partial charge is 0.396 e. The standard InChI is InChI=1S/C29H27Cl3N2O4S/c1-4-39(37,38)20-8-5-7-18(13-20)19-11-12-25(23(32)14-19)34-16-24(26(36)15-29(2,3)17-35)33-28(34)27-21(30)9-6-10-22(27)31/h5-14,16,35H,4,15,17H2,1-3H3. The van der Waals surface area contributed by atoms with E-state index in [1.165, 1.54) is 0 Å². The van der Waals surface area contributed by atoms with Gasteiger partial charge in [0.05, 0.1) is 37.0 Å². The predicted octanol–water partition coefficient (Wildman–Crippen LogP) is 7.55. The van der Waals surface area contributed by atoms with Crippen molar-refractivity contribution in [3.8, 4) is 28.2 Å². The third kappa shape index (κ3) is 6.23. The number of hydrogen-bond acceptors (Lipinski definition) is 5. The fourth-order valence-corrected chi connectivity index (χ4v) is 5.85. The monoisotopic (exact) mass is 604 g/mol. The Balaban J connectivity index is 1.84. The van der Waals surface area contributed by atoms with E-state index in [-0.39, 0.29) is 35.2 Å². The topological polar surface area (TPSA) is 89.3 Å². The van der Waals surface area contributed by atoms with Gasteiger partial charge in [-0.15, -0.1) is 0 Å². The molecular weight excluding hydrogens is 579 g/mol. The average Bonchev–Trinajstić information content (AvgIpc) is 3.33. The molecule has 10 heteroatoms. The maximum atomic E-state index is 13.1. The number of aromatic nitrogens is 2. The molecule has 39 heavy (non-hydrogen) atoms. The molecule has 0 aliphatic carbocycles. The summed E-state index contributed by atoms with van der Waals surface area (Å²) in [7, 11) is -3.37. The highest BCUT2D eigenvalue weighted by atomic mass is 35.5. The molecule has 0 bridgehead atoms. The summed E-state index contributed by atoms with van der Waals surface area (Å²) in [5.74, 6) is 0.0844. The Morgan fingerprint density at radius 3 is 2.21 bits per heavy atom. The summed E-state index contributed by atoms with van der Waals surface area (Å²) in [6.07, 6.45) is 1.67. The Labute approximate surface area is 243 Å². The maximum Gasteiger partial charge on any atom is 0.183 e. The molecule has 0 unspecified atom stereocenters. The van der Waals surface area contributed by atoms with Crippen LogP contribution in [-0.4, -0.2) is 41.2 Å². The minimum Gasteiger partial charge on any atom is -0.396 e. The van der Waals surface area contributed by atoms with Crippen molar-refractivity contribution in [3.63, 3.8) is 0 Å². The predicted molar refractivity (Wildman–Crippen MR) is 157 cm³/mol. The highest BCUT2D eigenvalue weighted by molar-refractivity contribution is 7.91. The SMILES string of the molecule is CCS(=O)(=O)c1cccc(-c2ccc(-n3cc(C(=O)CC(C)(C)CO)nc3-c3c(Cl)cccc3Cl)c(Cl)c2)c1. The fourth-order valence-electron chi connectivity index (χ4n) is 4.08. The quantitative estimate of drug-likeness (QED) is 0.199. The number of carbonyl (C=O) groups excluding carboxylic acids is 1. The molecule has 0 fully saturated rings. The molecule has 1 N–H and O–H groups in total. The van der Waals surface area contributed by atoms with Gasteiger partial charge in [-0.05, 0) is 52.9 Å². The average molecular weight is 606 g/mol. The van der Waals surface area contributed by atoms with E-state index in [0.29, 0.717) is 37.7 Å². The fraction of sp³-hybridized carbons (Fsp3) is 0.241. The summed E-state index contributed by atoms with van der Waals surface area (Å²) in [6.45, 7) is 5.04. The summed E-state index contributed by atoms with van der Waals surface area (Å²) >= 11 is 19.8. The van der Waals surface area contributed by atoms with Crippen LogP contribution in [0.15, 0.2) is 71.8 Å². The van der Waals surface area contributed by atoms with Gasteiger partial charge in [0.15, 0.2) is 15.6 Å². The van der Waals surface area contributed by atoms with Crippen molar-refractivity contribution in [2.45, 2.75) is 32.1 Å². The van der Waals surface area contributed by atoms with Crippen LogP contribution in [0.1, 0.15) is 37.7 Å². The van der Waals surface area contributed by atoms with Crippen molar-refractivity contribution in [2.24, 2.45) is 5.41 Å². The normalized spacial score (nSPS) is 12.1. The van der Waals surface area contributed by atoms with Crippen molar-refractivity contribution in [2.75, 3.05) is 12.4 Å². The Kier molecular flexibility index (Phi) is 8.59. The molecule has 0 radical (unpaired) electrons. The van der Waals surface area contributed by atoms with Crippen molar-refractivity contribution in [1.29, 1.82) is 0 Å². The molecule has 3 aromatic carbocycles. The number of benzene rings is 3. The van der Waals surface area contributed by atoms with Crippen LogP contribution >= 0.6 is 34.8 Å². The van der Waals surface area contributed by atoms with E-state index < -0.39 is 15.3 Å². The van der Waals surface area contributed by atoms with E-state index in [4.69, 9.17) is 34.8 Å². The van der Waals surface area contributed by atoms with Crippen LogP contribution in [0.3, 0.4) is 0 Å². The lowest BCUT2D eigenvalue weighted by Crippen LogP contribution is -2.21. The van der Waals surface area contributed by atoms with Crippen LogP contribution in [0.2, 0.25) is 15.1 Å². The number of halogens is 3. The third-order valence-electron chi connectivity index (χ3n) is 6.36. The minimum absolute atomic E-state index is 0.000694. The highest BCUT2D eigenvalue weighted by Gasteiger charge is 2.26. The molecular formula is C29H27Cl3N2O4S. The number of hydrogen-bond donors (Lipinski definition) is 1. The molecule has 0 amide bonds. The van der Waals surface area contributed by atoms with Gasteiger partial charge >= 0.3 is 0 Å². The third-order valence-corrected chi connectivity index (χ3v) is 9.02. The van der Waals surface area contributed by atoms with Gasteiger partial charge in [0.1, 0.15) is 11.5 Å². The number of Topliss-reactive ketones (excluding diaryl/α,β-unsaturated/α-hetero) is 1. The first kappa shape index (κ1) is 29.3. The molecule has 6 nitrogen and oxygen atoms in total. The first-order valence-electron chi connectivity index (χ1n) is 12.2. The van der Waals surface area contributed by atoms with Crippen LogP contribution < -0.4 is 0 Å². The van der Waals surface area contributed by atoms with Crippen molar-refractivity contribution in [3.05, 3.63) is 87.6 Å². The van der Waals surface area contributed by atoms with E-state index in [9.17, 15) is 18.3 Å². The second-order valence-corrected chi connectivity index (χ2v) is 13.4.